The van der Waals surface area contributed by atoms with Gasteiger partial charge in [-0.1, -0.05) is 18.2 Å². The summed E-state index contributed by atoms with van der Waals surface area (Å²) in [6.45, 7) is 8.74. The summed E-state index contributed by atoms with van der Waals surface area (Å²) in [5.41, 5.74) is 4.22. The lowest BCUT2D eigenvalue weighted by atomic mass is 10.1. The Balaban J connectivity index is 1.80. The lowest BCUT2D eigenvalue weighted by molar-refractivity contribution is 0.298. The van der Waals surface area contributed by atoms with Crippen LogP contribution in [0, 0.1) is 13.8 Å². The van der Waals surface area contributed by atoms with Gasteiger partial charge in [0.25, 0.3) is 5.56 Å². The SMILES string of the molecule is CCCc1nc(C)c2c(=O)[nH]c(-c3cc(Cn4nnc(CCO)c4C)ccc3OCC)nn12. The van der Waals surface area contributed by atoms with Gasteiger partial charge in [0.2, 0.25) is 0 Å². The number of benzene rings is 1. The molecule has 0 bridgehead atoms. The predicted octanol–water partition coefficient (Wildman–Crippen LogP) is 2.23. The number of hydrogen-bond acceptors (Lipinski definition) is 7. The van der Waals surface area contributed by atoms with Crippen LogP contribution in [0.5, 0.6) is 5.75 Å². The third-order valence-corrected chi connectivity index (χ3v) is 5.57. The second kappa shape index (κ2) is 9.53. The van der Waals surface area contributed by atoms with Gasteiger partial charge in [-0.15, -0.1) is 10.2 Å². The van der Waals surface area contributed by atoms with Crippen LogP contribution in [0.3, 0.4) is 0 Å². The number of nitrogens with zero attached hydrogens (tertiary/aromatic N) is 6. The van der Waals surface area contributed by atoms with Gasteiger partial charge in [0.05, 0.1) is 35.8 Å². The molecular formula is C23H29N7O3. The summed E-state index contributed by atoms with van der Waals surface area (Å²) in [4.78, 5) is 20.4. The van der Waals surface area contributed by atoms with Crippen LogP contribution >= 0.6 is 0 Å². The quantitative estimate of drug-likeness (QED) is 0.400. The zero-order chi connectivity index (χ0) is 23.5. The molecule has 3 heterocycles. The van der Waals surface area contributed by atoms with Gasteiger partial charge in [-0.3, -0.25) is 4.79 Å². The first-order valence-corrected chi connectivity index (χ1v) is 11.2. The highest BCUT2D eigenvalue weighted by Gasteiger charge is 2.18. The maximum atomic E-state index is 12.9. The van der Waals surface area contributed by atoms with Crippen LogP contribution in [0.2, 0.25) is 0 Å². The third-order valence-electron chi connectivity index (χ3n) is 5.57. The van der Waals surface area contributed by atoms with Gasteiger partial charge in [-0.25, -0.2) is 14.2 Å². The first-order valence-electron chi connectivity index (χ1n) is 11.2. The van der Waals surface area contributed by atoms with Crippen molar-refractivity contribution in [2.45, 2.75) is 53.5 Å². The van der Waals surface area contributed by atoms with E-state index < -0.39 is 0 Å². The molecule has 10 heteroatoms. The van der Waals surface area contributed by atoms with Crippen LogP contribution in [0.25, 0.3) is 16.9 Å². The fourth-order valence-corrected chi connectivity index (χ4v) is 3.94. The number of aliphatic hydroxyl groups is 1. The van der Waals surface area contributed by atoms with Crippen LogP contribution in [-0.4, -0.2) is 52.9 Å². The molecule has 0 aliphatic carbocycles. The molecule has 33 heavy (non-hydrogen) atoms. The Morgan fingerprint density at radius 1 is 1.18 bits per heavy atom. The van der Waals surface area contributed by atoms with Gasteiger partial charge in [-0.2, -0.15) is 0 Å². The largest absolute Gasteiger partial charge is 0.493 e. The molecule has 0 saturated carbocycles. The number of nitrogens with one attached hydrogen (secondary N) is 1. The summed E-state index contributed by atoms with van der Waals surface area (Å²) in [7, 11) is 0. The maximum Gasteiger partial charge on any atom is 0.277 e. The molecule has 3 aromatic heterocycles. The van der Waals surface area contributed by atoms with Crippen LogP contribution in [0.15, 0.2) is 23.0 Å². The van der Waals surface area contributed by atoms with Gasteiger partial charge < -0.3 is 14.8 Å². The number of aliphatic hydroxyl groups excluding tert-OH is 1. The zero-order valence-corrected chi connectivity index (χ0v) is 19.4. The van der Waals surface area contributed by atoms with Crippen molar-refractivity contribution in [1.29, 1.82) is 0 Å². The molecule has 0 aliphatic heterocycles. The Kier molecular flexibility index (Phi) is 6.55. The first kappa shape index (κ1) is 22.7. The summed E-state index contributed by atoms with van der Waals surface area (Å²) in [6.07, 6.45) is 2.10. The number of aryl methyl sites for hydroxylation is 2. The Labute approximate surface area is 191 Å². The molecule has 0 atom stereocenters. The molecule has 1 aromatic carbocycles. The highest BCUT2D eigenvalue weighted by Crippen LogP contribution is 2.29. The second-order valence-electron chi connectivity index (χ2n) is 7.94. The molecule has 0 fully saturated rings. The predicted molar refractivity (Wildman–Crippen MR) is 124 cm³/mol. The van der Waals surface area contributed by atoms with Crippen molar-refractivity contribution in [1.82, 2.24) is 34.6 Å². The summed E-state index contributed by atoms with van der Waals surface area (Å²) >= 11 is 0. The van der Waals surface area contributed by atoms with E-state index in [0.29, 0.717) is 47.9 Å². The minimum Gasteiger partial charge on any atom is -0.493 e. The summed E-state index contributed by atoms with van der Waals surface area (Å²) in [6, 6.07) is 5.79. The van der Waals surface area contributed by atoms with E-state index in [1.807, 2.05) is 39.0 Å². The highest BCUT2D eigenvalue weighted by atomic mass is 16.5. The second-order valence-corrected chi connectivity index (χ2v) is 7.94. The van der Waals surface area contributed by atoms with Gasteiger partial charge >= 0.3 is 0 Å². The number of fused-ring (bicyclic) bond motifs is 1. The topological polar surface area (TPSA) is 123 Å². The Morgan fingerprint density at radius 2 is 2.00 bits per heavy atom. The number of ether oxygens (including phenoxy) is 1. The molecule has 4 rings (SSSR count). The number of aromatic amines is 1. The van der Waals surface area contributed by atoms with Crippen LogP contribution in [-0.2, 0) is 19.4 Å². The van der Waals surface area contributed by atoms with E-state index in [1.165, 1.54) is 0 Å². The van der Waals surface area contributed by atoms with E-state index >= 15 is 0 Å². The van der Waals surface area contributed by atoms with E-state index in [2.05, 4.69) is 27.2 Å². The van der Waals surface area contributed by atoms with Crippen molar-refractivity contribution in [3.05, 3.63) is 57.0 Å². The average Bonchev–Trinajstić information content (AvgIpc) is 3.30. The monoisotopic (exact) mass is 451 g/mol. The summed E-state index contributed by atoms with van der Waals surface area (Å²) < 4.78 is 9.29. The molecule has 0 saturated heterocycles. The number of imidazole rings is 1. The molecule has 0 spiro atoms. The minimum absolute atomic E-state index is 0.0298. The maximum absolute atomic E-state index is 12.9. The summed E-state index contributed by atoms with van der Waals surface area (Å²) in [5.74, 6) is 1.82. The van der Waals surface area contributed by atoms with Gasteiger partial charge in [-0.05, 0) is 44.9 Å². The van der Waals surface area contributed by atoms with E-state index in [-0.39, 0.29) is 12.2 Å². The van der Waals surface area contributed by atoms with E-state index in [0.717, 1.165) is 35.6 Å². The molecule has 174 valence electrons. The Bertz CT molecular complexity index is 1340. The third kappa shape index (κ3) is 4.38. The molecule has 0 unspecified atom stereocenters. The molecular weight excluding hydrogens is 422 g/mol. The zero-order valence-electron chi connectivity index (χ0n) is 19.4. The van der Waals surface area contributed by atoms with Gasteiger partial charge in [0.1, 0.15) is 11.6 Å². The van der Waals surface area contributed by atoms with Crippen LogP contribution < -0.4 is 10.3 Å². The normalized spacial score (nSPS) is 11.4. The fraction of sp³-hybridized carbons (Fsp3) is 0.435. The van der Waals surface area contributed by atoms with Gasteiger partial charge in [0, 0.05) is 19.4 Å². The lowest BCUT2D eigenvalue weighted by Crippen LogP contribution is -2.16. The van der Waals surface area contributed by atoms with E-state index in [4.69, 9.17) is 9.84 Å². The molecule has 10 nitrogen and oxygen atoms in total. The average molecular weight is 452 g/mol. The molecule has 0 radical (unpaired) electrons. The molecule has 0 aliphatic rings. The number of hydrogen-bond donors (Lipinski definition) is 2. The lowest BCUT2D eigenvalue weighted by Gasteiger charge is -2.13. The summed E-state index contributed by atoms with van der Waals surface area (Å²) in [5, 5.41) is 22.3. The number of H-pyrrole nitrogens is 1. The smallest absolute Gasteiger partial charge is 0.277 e. The molecule has 4 aromatic rings. The number of rotatable bonds is 9. The Morgan fingerprint density at radius 3 is 2.73 bits per heavy atom. The Hall–Kier alpha value is -3.53. The van der Waals surface area contributed by atoms with Crippen molar-refractivity contribution in [3.63, 3.8) is 0 Å². The number of aromatic nitrogens is 7. The molecule has 0 amide bonds. The van der Waals surface area contributed by atoms with Crippen LogP contribution in [0.4, 0.5) is 0 Å². The van der Waals surface area contributed by atoms with Crippen molar-refractivity contribution in [2.75, 3.05) is 13.2 Å². The van der Waals surface area contributed by atoms with Crippen molar-refractivity contribution < 1.29 is 9.84 Å². The van der Waals surface area contributed by atoms with Crippen molar-refractivity contribution >= 4 is 5.52 Å². The van der Waals surface area contributed by atoms with E-state index in [9.17, 15) is 9.90 Å². The molecule has 2 N–H and O–H groups in total. The minimum atomic E-state index is -0.235. The highest BCUT2D eigenvalue weighted by molar-refractivity contribution is 5.66. The standard InChI is InChI=1S/C23H29N7O3/c1-5-7-20-24-14(3)21-23(32)25-22(27-30(20)21)17-12-16(8-9-19(17)33-6-2)13-29-15(4)18(10-11-31)26-28-29/h8-9,12,31H,5-7,10-11,13H2,1-4H3,(H,25,27,32). The van der Waals surface area contributed by atoms with Crippen molar-refractivity contribution in [3.8, 4) is 17.1 Å². The fourth-order valence-electron chi connectivity index (χ4n) is 3.94. The van der Waals surface area contributed by atoms with E-state index in [1.54, 1.807) is 9.20 Å². The first-order chi connectivity index (χ1) is 16.0. The van der Waals surface area contributed by atoms with Crippen molar-refractivity contribution in [2.24, 2.45) is 0 Å². The van der Waals surface area contributed by atoms with Gasteiger partial charge in [0.15, 0.2) is 11.3 Å². The van der Waals surface area contributed by atoms with Crippen LogP contribution in [0.1, 0.15) is 48.7 Å².